The molecule has 0 atom stereocenters. The molecule has 0 spiro atoms. The molecule has 2 N–H and O–H groups in total. The van der Waals surface area contributed by atoms with E-state index in [2.05, 4.69) is 29.4 Å². The average molecular weight is 389 g/mol. The van der Waals surface area contributed by atoms with Gasteiger partial charge in [0.25, 0.3) is 5.91 Å². The standard InChI is InChI=1S/C21H25F2N3O2/c1-3-26(4-2)14-16-7-5-15(6-8-16)12-24-20(27)13-25-21(28)18-10-9-17(22)11-19(18)23/h5-11H,3-4,12-14H2,1-2H3,(H,24,27)(H,25,28). The molecule has 2 aromatic rings. The average Bonchev–Trinajstić information content (AvgIpc) is 2.69. The van der Waals surface area contributed by atoms with Gasteiger partial charge in [-0.05, 0) is 36.3 Å². The number of amides is 2. The lowest BCUT2D eigenvalue weighted by Crippen LogP contribution is -2.36. The Morgan fingerprint density at radius 3 is 2.18 bits per heavy atom. The van der Waals surface area contributed by atoms with Crippen LogP contribution in [0.1, 0.15) is 35.3 Å². The van der Waals surface area contributed by atoms with Gasteiger partial charge >= 0.3 is 0 Å². The topological polar surface area (TPSA) is 61.4 Å². The maximum Gasteiger partial charge on any atom is 0.254 e. The fourth-order valence-electron chi connectivity index (χ4n) is 2.66. The molecule has 0 unspecified atom stereocenters. The SMILES string of the molecule is CCN(CC)Cc1ccc(CNC(=O)CNC(=O)c2ccc(F)cc2F)cc1. The normalized spacial score (nSPS) is 10.8. The number of hydrogen-bond acceptors (Lipinski definition) is 3. The van der Waals surface area contributed by atoms with E-state index in [1.807, 2.05) is 24.3 Å². The molecule has 0 radical (unpaired) electrons. The van der Waals surface area contributed by atoms with Crippen LogP contribution in [-0.2, 0) is 17.9 Å². The Balaban J connectivity index is 1.78. The summed E-state index contributed by atoms with van der Waals surface area (Å²) < 4.78 is 26.4. The van der Waals surface area contributed by atoms with Gasteiger partial charge in [-0.15, -0.1) is 0 Å². The third-order valence-corrected chi connectivity index (χ3v) is 4.40. The smallest absolute Gasteiger partial charge is 0.254 e. The second kappa shape index (κ2) is 10.5. The Labute approximate surface area is 163 Å². The molecule has 0 saturated carbocycles. The molecule has 0 aliphatic carbocycles. The van der Waals surface area contributed by atoms with Gasteiger partial charge in [0.15, 0.2) is 0 Å². The van der Waals surface area contributed by atoms with Gasteiger partial charge in [-0.2, -0.15) is 0 Å². The third kappa shape index (κ3) is 6.42. The predicted molar refractivity (Wildman–Crippen MR) is 104 cm³/mol. The van der Waals surface area contributed by atoms with E-state index < -0.39 is 23.4 Å². The van der Waals surface area contributed by atoms with E-state index in [1.165, 1.54) is 5.56 Å². The number of rotatable bonds is 9. The summed E-state index contributed by atoms with van der Waals surface area (Å²) in [7, 11) is 0. The largest absolute Gasteiger partial charge is 0.350 e. The lowest BCUT2D eigenvalue weighted by Gasteiger charge is -2.18. The zero-order valence-corrected chi connectivity index (χ0v) is 16.1. The van der Waals surface area contributed by atoms with Crippen LogP contribution in [0.5, 0.6) is 0 Å². The lowest BCUT2D eigenvalue weighted by atomic mass is 10.1. The fraction of sp³-hybridized carbons (Fsp3) is 0.333. The Bertz CT molecular complexity index is 806. The Hall–Kier alpha value is -2.80. The highest BCUT2D eigenvalue weighted by Crippen LogP contribution is 2.09. The van der Waals surface area contributed by atoms with Crippen molar-refractivity contribution < 1.29 is 18.4 Å². The number of carbonyl (C=O) groups excluding carboxylic acids is 2. The molecule has 0 aromatic heterocycles. The minimum atomic E-state index is -0.970. The summed E-state index contributed by atoms with van der Waals surface area (Å²) in [5, 5.41) is 5.01. The monoisotopic (exact) mass is 389 g/mol. The highest BCUT2D eigenvalue weighted by molar-refractivity contribution is 5.96. The van der Waals surface area contributed by atoms with Crippen LogP contribution in [0, 0.1) is 11.6 Å². The van der Waals surface area contributed by atoms with E-state index in [1.54, 1.807) is 0 Å². The van der Waals surface area contributed by atoms with Crippen molar-refractivity contribution in [1.82, 2.24) is 15.5 Å². The van der Waals surface area contributed by atoms with Gasteiger partial charge < -0.3 is 10.6 Å². The van der Waals surface area contributed by atoms with Crippen LogP contribution < -0.4 is 10.6 Å². The zero-order valence-electron chi connectivity index (χ0n) is 16.1. The number of hydrogen-bond donors (Lipinski definition) is 2. The molecule has 150 valence electrons. The van der Waals surface area contributed by atoms with Crippen molar-refractivity contribution in [2.75, 3.05) is 19.6 Å². The molecule has 0 saturated heterocycles. The van der Waals surface area contributed by atoms with E-state index in [9.17, 15) is 18.4 Å². The molecule has 0 bridgehead atoms. The van der Waals surface area contributed by atoms with Crippen LogP contribution in [0.2, 0.25) is 0 Å². The second-order valence-corrected chi connectivity index (χ2v) is 6.36. The Morgan fingerprint density at radius 2 is 1.57 bits per heavy atom. The third-order valence-electron chi connectivity index (χ3n) is 4.40. The molecule has 0 fully saturated rings. The summed E-state index contributed by atoms with van der Waals surface area (Å²) in [5.41, 5.74) is 1.83. The maximum absolute atomic E-state index is 13.5. The first kappa shape index (κ1) is 21.5. The van der Waals surface area contributed by atoms with Crippen molar-refractivity contribution in [2.24, 2.45) is 0 Å². The molecular weight excluding hydrogens is 364 g/mol. The summed E-state index contributed by atoms with van der Waals surface area (Å²) in [6.07, 6.45) is 0. The summed E-state index contributed by atoms with van der Waals surface area (Å²) in [6, 6.07) is 10.6. The number of nitrogens with zero attached hydrogens (tertiary/aromatic N) is 1. The van der Waals surface area contributed by atoms with Crippen LogP contribution in [0.25, 0.3) is 0 Å². The van der Waals surface area contributed by atoms with Crippen LogP contribution in [-0.4, -0.2) is 36.3 Å². The minimum absolute atomic E-state index is 0.296. The molecule has 0 heterocycles. The van der Waals surface area contributed by atoms with E-state index in [-0.39, 0.29) is 12.1 Å². The highest BCUT2D eigenvalue weighted by Gasteiger charge is 2.13. The Morgan fingerprint density at radius 1 is 0.929 bits per heavy atom. The summed E-state index contributed by atoms with van der Waals surface area (Å²) >= 11 is 0. The first-order valence-electron chi connectivity index (χ1n) is 9.23. The molecule has 2 amide bonds. The van der Waals surface area contributed by atoms with Crippen molar-refractivity contribution in [3.63, 3.8) is 0 Å². The van der Waals surface area contributed by atoms with E-state index in [0.29, 0.717) is 12.6 Å². The van der Waals surface area contributed by atoms with Gasteiger partial charge in [0.1, 0.15) is 11.6 Å². The Kier molecular flexibility index (Phi) is 8.07. The number of nitrogens with one attached hydrogen (secondary N) is 2. The van der Waals surface area contributed by atoms with Crippen LogP contribution in [0.3, 0.4) is 0 Å². The molecule has 28 heavy (non-hydrogen) atoms. The van der Waals surface area contributed by atoms with E-state index in [0.717, 1.165) is 37.3 Å². The van der Waals surface area contributed by atoms with Gasteiger partial charge in [0, 0.05) is 19.2 Å². The zero-order chi connectivity index (χ0) is 20.5. The van der Waals surface area contributed by atoms with Crippen LogP contribution >= 0.6 is 0 Å². The molecule has 7 heteroatoms. The summed E-state index contributed by atoms with van der Waals surface area (Å²) in [6.45, 7) is 7.13. The van der Waals surface area contributed by atoms with Gasteiger partial charge in [0.05, 0.1) is 12.1 Å². The molecule has 2 aromatic carbocycles. The molecule has 0 aliphatic rings. The van der Waals surface area contributed by atoms with Crippen molar-refractivity contribution >= 4 is 11.8 Å². The van der Waals surface area contributed by atoms with Crippen molar-refractivity contribution in [2.45, 2.75) is 26.9 Å². The molecule has 2 rings (SSSR count). The van der Waals surface area contributed by atoms with Crippen molar-refractivity contribution in [3.8, 4) is 0 Å². The predicted octanol–water partition coefficient (Wildman–Crippen LogP) is 2.85. The van der Waals surface area contributed by atoms with Gasteiger partial charge in [-0.25, -0.2) is 8.78 Å². The number of benzene rings is 2. The molecule has 5 nitrogen and oxygen atoms in total. The lowest BCUT2D eigenvalue weighted by molar-refractivity contribution is -0.120. The second-order valence-electron chi connectivity index (χ2n) is 6.36. The summed E-state index contributed by atoms with van der Waals surface area (Å²) in [4.78, 5) is 26.1. The van der Waals surface area contributed by atoms with Crippen molar-refractivity contribution in [1.29, 1.82) is 0 Å². The van der Waals surface area contributed by atoms with Gasteiger partial charge in [0.2, 0.25) is 5.91 Å². The van der Waals surface area contributed by atoms with Gasteiger partial charge in [-0.3, -0.25) is 14.5 Å². The van der Waals surface area contributed by atoms with E-state index in [4.69, 9.17) is 0 Å². The molecule has 0 aliphatic heterocycles. The quantitative estimate of drug-likeness (QED) is 0.693. The minimum Gasteiger partial charge on any atom is -0.350 e. The van der Waals surface area contributed by atoms with Gasteiger partial charge in [-0.1, -0.05) is 38.1 Å². The maximum atomic E-state index is 13.5. The first-order valence-corrected chi connectivity index (χ1v) is 9.23. The number of halogens is 2. The van der Waals surface area contributed by atoms with Crippen LogP contribution in [0.15, 0.2) is 42.5 Å². The fourth-order valence-corrected chi connectivity index (χ4v) is 2.66. The van der Waals surface area contributed by atoms with E-state index >= 15 is 0 Å². The first-order chi connectivity index (χ1) is 13.4. The highest BCUT2D eigenvalue weighted by atomic mass is 19.1. The number of carbonyl (C=O) groups is 2. The van der Waals surface area contributed by atoms with Crippen molar-refractivity contribution in [3.05, 3.63) is 70.8 Å². The van der Waals surface area contributed by atoms with Crippen LogP contribution in [0.4, 0.5) is 8.78 Å². The molecular formula is C21H25F2N3O2. The summed E-state index contributed by atoms with van der Waals surface area (Å²) in [5.74, 6) is -2.91.